The summed E-state index contributed by atoms with van der Waals surface area (Å²) in [7, 11) is 0. The predicted molar refractivity (Wildman–Crippen MR) is 126 cm³/mol. The molecule has 0 aliphatic carbocycles. The third-order valence-electron chi connectivity index (χ3n) is 6.20. The fourth-order valence-electron chi connectivity index (χ4n) is 4.55. The van der Waals surface area contributed by atoms with E-state index in [4.69, 9.17) is 21.4 Å². The van der Waals surface area contributed by atoms with Gasteiger partial charge in [0, 0.05) is 22.6 Å². The lowest BCUT2D eigenvalue weighted by Gasteiger charge is -2.38. The zero-order valence-electron chi connectivity index (χ0n) is 17.1. The van der Waals surface area contributed by atoms with Crippen molar-refractivity contribution < 1.29 is 4.74 Å². The molecule has 3 nitrogen and oxygen atoms in total. The average molecular weight is 425 g/mol. The van der Waals surface area contributed by atoms with Crippen molar-refractivity contribution in [3.8, 4) is 5.75 Å². The number of hydrogen-bond donors (Lipinski definition) is 0. The van der Waals surface area contributed by atoms with Crippen molar-refractivity contribution >= 4 is 28.1 Å². The van der Waals surface area contributed by atoms with Crippen molar-refractivity contribution in [3.05, 3.63) is 112 Å². The van der Waals surface area contributed by atoms with Gasteiger partial charge in [0.25, 0.3) is 0 Å². The van der Waals surface area contributed by atoms with Gasteiger partial charge in [0.2, 0.25) is 6.23 Å². The van der Waals surface area contributed by atoms with Crippen LogP contribution in [0.5, 0.6) is 5.75 Å². The molecule has 2 atom stereocenters. The molecule has 31 heavy (non-hydrogen) atoms. The quantitative estimate of drug-likeness (QED) is 0.344. The van der Waals surface area contributed by atoms with Crippen molar-refractivity contribution in [2.24, 2.45) is 5.10 Å². The first-order chi connectivity index (χ1) is 15.2. The van der Waals surface area contributed by atoms with Gasteiger partial charge < -0.3 is 4.74 Å². The molecule has 2 heterocycles. The molecule has 0 saturated heterocycles. The van der Waals surface area contributed by atoms with Crippen molar-refractivity contribution in [1.29, 1.82) is 0 Å². The van der Waals surface area contributed by atoms with Gasteiger partial charge in [0.05, 0.1) is 11.8 Å². The normalized spacial score (nSPS) is 19.5. The van der Waals surface area contributed by atoms with Crippen LogP contribution in [0.3, 0.4) is 0 Å². The van der Waals surface area contributed by atoms with E-state index in [2.05, 4.69) is 78.7 Å². The summed E-state index contributed by atoms with van der Waals surface area (Å²) in [4.78, 5) is 0. The van der Waals surface area contributed by atoms with E-state index in [1.165, 1.54) is 16.3 Å². The van der Waals surface area contributed by atoms with Crippen LogP contribution < -0.4 is 4.74 Å². The Bertz CT molecular complexity index is 1330. The number of nitrogens with zero attached hydrogens (tertiary/aromatic N) is 2. The van der Waals surface area contributed by atoms with Crippen molar-refractivity contribution in [2.75, 3.05) is 0 Å². The van der Waals surface area contributed by atoms with Crippen LogP contribution in [0, 0.1) is 6.92 Å². The maximum absolute atomic E-state index is 6.44. The minimum Gasteiger partial charge on any atom is -0.464 e. The average Bonchev–Trinajstić information content (AvgIpc) is 3.25. The Morgan fingerprint density at radius 3 is 2.55 bits per heavy atom. The van der Waals surface area contributed by atoms with E-state index in [9.17, 15) is 0 Å². The second kappa shape index (κ2) is 7.14. The molecule has 4 heteroatoms. The molecular weight excluding hydrogens is 404 g/mol. The fourth-order valence-corrected chi connectivity index (χ4v) is 4.73. The molecule has 4 aromatic carbocycles. The molecule has 2 aliphatic rings. The third kappa shape index (κ3) is 3.17. The molecule has 0 radical (unpaired) electrons. The van der Waals surface area contributed by atoms with Crippen LogP contribution in [0.1, 0.15) is 40.9 Å². The fraction of sp³-hybridized carbons (Fsp3) is 0.148. The smallest absolute Gasteiger partial charge is 0.213 e. The lowest BCUT2D eigenvalue weighted by molar-refractivity contribution is -0.0190. The Balaban J connectivity index is 1.45. The second-order valence-corrected chi connectivity index (χ2v) is 8.71. The highest BCUT2D eigenvalue weighted by Gasteiger charge is 2.41. The topological polar surface area (TPSA) is 24.8 Å². The van der Waals surface area contributed by atoms with Gasteiger partial charge in [-0.25, -0.2) is 5.01 Å². The van der Waals surface area contributed by atoms with Crippen LogP contribution in [-0.2, 0) is 0 Å². The maximum atomic E-state index is 6.44. The molecular formula is C27H21ClN2O. The first-order valence-corrected chi connectivity index (χ1v) is 10.9. The van der Waals surface area contributed by atoms with Crippen molar-refractivity contribution in [2.45, 2.75) is 25.6 Å². The summed E-state index contributed by atoms with van der Waals surface area (Å²) in [5.41, 5.74) is 5.64. The van der Waals surface area contributed by atoms with Gasteiger partial charge in [-0.15, -0.1) is 0 Å². The molecule has 6 rings (SSSR count). The number of hydrogen-bond acceptors (Lipinski definition) is 3. The molecule has 0 unspecified atom stereocenters. The highest BCUT2D eigenvalue weighted by Crippen LogP contribution is 2.48. The van der Waals surface area contributed by atoms with Gasteiger partial charge in [-0.3, -0.25) is 0 Å². The summed E-state index contributed by atoms with van der Waals surface area (Å²) < 4.78 is 6.44. The van der Waals surface area contributed by atoms with Gasteiger partial charge in [-0.05, 0) is 47.5 Å². The number of halogens is 1. The zero-order chi connectivity index (χ0) is 20.9. The van der Waals surface area contributed by atoms with E-state index < -0.39 is 0 Å². The molecule has 0 amide bonds. The Morgan fingerprint density at radius 2 is 1.71 bits per heavy atom. The first kappa shape index (κ1) is 18.5. The molecule has 0 N–H and O–H groups in total. The van der Waals surface area contributed by atoms with Gasteiger partial charge in [-0.2, -0.15) is 5.10 Å². The van der Waals surface area contributed by atoms with Crippen LogP contribution in [-0.4, -0.2) is 10.7 Å². The van der Waals surface area contributed by atoms with Crippen LogP contribution in [0.15, 0.2) is 90.0 Å². The Morgan fingerprint density at radius 1 is 0.903 bits per heavy atom. The van der Waals surface area contributed by atoms with E-state index in [0.29, 0.717) is 0 Å². The Labute approximate surface area is 186 Å². The third-order valence-corrected chi connectivity index (χ3v) is 6.43. The molecule has 4 aromatic rings. The molecule has 0 bridgehead atoms. The minimum absolute atomic E-state index is 0.0928. The second-order valence-electron chi connectivity index (χ2n) is 8.27. The van der Waals surface area contributed by atoms with E-state index in [1.54, 1.807) is 0 Å². The largest absolute Gasteiger partial charge is 0.464 e. The number of hydrazone groups is 1. The van der Waals surface area contributed by atoms with Gasteiger partial charge >= 0.3 is 0 Å². The van der Waals surface area contributed by atoms with Crippen LogP contribution >= 0.6 is 11.6 Å². The molecule has 2 aliphatic heterocycles. The maximum Gasteiger partial charge on any atom is 0.213 e. The highest BCUT2D eigenvalue weighted by atomic mass is 35.5. The highest BCUT2D eigenvalue weighted by molar-refractivity contribution is 6.30. The number of benzene rings is 4. The molecule has 0 fully saturated rings. The zero-order valence-corrected chi connectivity index (χ0v) is 17.9. The predicted octanol–water partition coefficient (Wildman–Crippen LogP) is 7.04. The van der Waals surface area contributed by atoms with E-state index >= 15 is 0 Å². The summed E-state index contributed by atoms with van der Waals surface area (Å²) >= 11 is 6.35. The number of ether oxygens (including phenoxy) is 1. The lowest BCUT2D eigenvalue weighted by Crippen LogP contribution is -2.33. The van der Waals surface area contributed by atoms with Gasteiger partial charge in [0.15, 0.2) is 0 Å². The molecule has 0 spiro atoms. The number of aryl methyl sites for hydroxylation is 1. The molecule has 0 aromatic heterocycles. The van der Waals surface area contributed by atoms with Crippen LogP contribution in [0.2, 0.25) is 5.02 Å². The summed E-state index contributed by atoms with van der Waals surface area (Å²) in [6, 6.07) is 29.5. The Kier molecular flexibility index (Phi) is 4.25. The number of fused-ring (bicyclic) bond motifs is 4. The molecule has 152 valence electrons. The minimum atomic E-state index is -0.266. The van der Waals surface area contributed by atoms with Crippen LogP contribution in [0.4, 0.5) is 0 Å². The monoisotopic (exact) mass is 424 g/mol. The van der Waals surface area contributed by atoms with E-state index in [-0.39, 0.29) is 12.3 Å². The summed E-state index contributed by atoms with van der Waals surface area (Å²) in [5.74, 6) is 0.881. The SMILES string of the molecule is Cc1ccc([C@H]2Oc3ccc(Cl)cc3[C@@H]3CC(c4ccc5ccccc5c4)=NN23)cc1. The summed E-state index contributed by atoms with van der Waals surface area (Å²) in [6.07, 6.45) is 0.550. The summed E-state index contributed by atoms with van der Waals surface area (Å²) in [6.45, 7) is 2.09. The standard InChI is InChI=1S/C27H21ClN2O/c1-17-6-8-19(9-7-17)27-30-25(23-15-22(28)12-13-26(23)31-27)16-24(29-30)21-11-10-18-4-2-3-5-20(18)14-21/h2-15,25,27H,16H2,1H3/t25-,27+/m0/s1. The number of rotatable bonds is 2. The van der Waals surface area contributed by atoms with E-state index in [1.807, 2.05) is 18.2 Å². The van der Waals surface area contributed by atoms with Gasteiger partial charge in [-0.1, -0.05) is 77.8 Å². The Hall–Kier alpha value is -3.30. The molecule has 0 saturated carbocycles. The summed E-state index contributed by atoms with van der Waals surface area (Å²) in [5, 5.41) is 10.4. The first-order valence-electron chi connectivity index (χ1n) is 10.5. The lowest BCUT2D eigenvalue weighted by atomic mass is 9.95. The van der Waals surface area contributed by atoms with Crippen LogP contribution in [0.25, 0.3) is 10.8 Å². The van der Waals surface area contributed by atoms with E-state index in [0.717, 1.165) is 39.6 Å². The van der Waals surface area contributed by atoms with Gasteiger partial charge in [0.1, 0.15) is 5.75 Å². The van der Waals surface area contributed by atoms with Crippen molar-refractivity contribution in [1.82, 2.24) is 5.01 Å². The van der Waals surface area contributed by atoms with Crippen molar-refractivity contribution in [3.63, 3.8) is 0 Å².